The Morgan fingerprint density at radius 1 is 1.22 bits per heavy atom. The molecule has 1 atom stereocenters. The van der Waals surface area contributed by atoms with Gasteiger partial charge in [0.15, 0.2) is 6.61 Å². The molecule has 0 aliphatic heterocycles. The third-order valence-corrected chi connectivity index (χ3v) is 4.98. The third kappa shape index (κ3) is 5.07. The monoisotopic (exact) mass is 388 g/mol. The van der Waals surface area contributed by atoms with Crippen molar-refractivity contribution in [2.75, 3.05) is 19.9 Å². The Kier molecular flexibility index (Phi) is 6.95. The number of hydrogen-bond donors (Lipinski definition) is 0. The Bertz CT molecular complexity index is 841. The molecule has 0 spiro atoms. The number of hydrogen-bond acceptors (Lipinski definition) is 6. The van der Waals surface area contributed by atoms with Crippen molar-refractivity contribution in [1.29, 1.82) is 0 Å². The van der Waals surface area contributed by atoms with Crippen molar-refractivity contribution >= 4 is 29.3 Å². The number of nitro benzene ring substituents is 1. The molecule has 0 saturated carbocycles. The van der Waals surface area contributed by atoms with E-state index in [1.165, 1.54) is 28.8 Å². The molecular formula is C19H20N2O5S. The Labute approximate surface area is 161 Å². The second-order valence-corrected chi connectivity index (χ2v) is 6.66. The average molecular weight is 388 g/mol. The number of amides is 1. The van der Waals surface area contributed by atoms with Crippen LogP contribution in [0.5, 0.6) is 0 Å². The number of nitro groups is 1. The van der Waals surface area contributed by atoms with Crippen molar-refractivity contribution in [3.63, 3.8) is 0 Å². The lowest BCUT2D eigenvalue weighted by molar-refractivity contribution is -0.387. The molecule has 2 rings (SSSR count). The summed E-state index contributed by atoms with van der Waals surface area (Å²) < 4.78 is 5.05. The van der Waals surface area contributed by atoms with Gasteiger partial charge in [0.25, 0.3) is 11.6 Å². The van der Waals surface area contributed by atoms with Gasteiger partial charge < -0.3 is 9.64 Å². The summed E-state index contributed by atoms with van der Waals surface area (Å²) >= 11 is 1.21. The number of nitrogens with zero attached hydrogens (tertiary/aromatic N) is 2. The van der Waals surface area contributed by atoms with Gasteiger partial charge in [0.1, 0.15) is 0 Å². The van der Waals surface area contributed by atoms with Crippen LogP contribution in [-0.4, -0.2) is 41.6 Å². The van der Waals surface area contributed by atoms with E-state index < -0.39 is 17.5 Å². The second kappa shape index (κ2) is 9.18. The van der Waals surface area contributed by atoms with Crippen LogP contribution in [0.1, 0.15) is 28.9 Å². The van der Waals surface area contributed by atoms with Gasteiger partial charge in [-0.3, -0.25) is 14.9 Å². The zero-order chi connectivity index (χ0) is 20.0. The van der Waals surface area contributed by atoms with Gasteiger partial charge in [-0.15, -0.1) is 11.8 Å². The van der Waals surface area contributed by atoms with Gasteiger partial charge in [0, 0.05) is 13.1 Å². The van der Waals surface area contributed by atoms with E-state index in [9.17, 15) is 19.7 Å². The summed E-state index contributed by atoms with van der Waals surface area (Å²) in [6.45, 7) is 1.43. The van der Waals surface area contributed by atoms with E-state index in [1.807, 2.05) is 37.3 Å². The van der Waals surface area contributed by atoms with E-state index in [0.29, 0.717) is 4.90 Å². The second-order valence-electron chi connectivity index (χ2n) is 5.81. The fourth-order valence-electron chi connectivity index (χ4n) is 2.44. The molecule has 2 aromatic rings. The molecule has 1 amide bonds. The fraction of sp³-hybridized carbons (Fsp3) is 0.263. The summed E-state index contributed by atoms with van der Waals surface area (Å²) in [7, 11) is 1.63. The molecule has 0 saturated heterocycles. The summed E-state index contributed by atoms with van der Waals surface area (Å²) in [6, 6.07) is 13.4. The van der Waals surface area contributed by atoms with Gasteiger partial charge in [-0.1, -0.05) is 30.3 Å². The van der Waals surface area contributed by atoms with Gasteiger partial charge in [0.2, 0.25) is 0 Å². The first-order valence-electron chi connectivity index (χ1n) is 8.15. The van der Waals surface area contributed by atoms with E-state index in [0.717, 1.165) is 11.6 Å². The number of benzene rings is 2. The molecule has 0 aliphatic carbocycles. The van der Waals surface area contributed by atoms with Gasteiger partial charge in [-0.2, -0.15) is 0 Å². The molecule has 0 radical (unpaired) electrons. The number of rotatable bonds is 7. The predicted molar refractivity (Wildman–Crippen MR) is 103 cm³/mol. The summed E-state index contributed by atoms with van der Waals surface area (Å²) in [5.74, 6) is -1.14. The van der Waals surface area contributed by atoms with E-state index >= 15 is 0 Å². The van der Waals surface area contributed by atoms with E-state index in [1.54, 1.807) is 13.3 Å². The molecular weight excluding hydrogens is 368 g/mol. The zero-order valence-corrected chi connectivity index (χ0v) is 16.1. The van der Waals surface area contributed by atoms with E-state index in [4.69, 9.17) is 4.74 Å². The van der Waals surface area contributed by atoms with Crippen molar-refractivity contribution in [3.8, 4) is 0 Å². The maximum absolute atomic E-state index is 12.3. The Morgan fingerprint density at radius 2 is 1.89 bits per heavy atom. The Morgan fingerprint density at radius 3 is 2.48 bits per heavy atom. The first-order valence-corrected chi connectivity index (χ1v) is 9.37. The summed E-state index contributed by atoms with van der Waals surface area (Å²) in [6.07, 6.45) is 1.71. The van der Waals surface area contributed by atoms with Crippen LogP contribution in [0.15, 0.2) is 53.4 Å². The smallest absolute Gasteiger partial charge is 0.338 e. The quantitative estimate of drug-likeness (QED) is 0.311. The van der Waals surface area contributed by atoms with Gasteiger partial charge in [-0.05, 0) is 30.9 Å². The van der Waals surface area contributed by atoms with Crippen LogP contribution in [0.2, 0.25) is 0 Å². The number of carbonyl (C=O) groups excluding carboxylic acids is 2. The SMILES string of the molecule is CSc1ccc(C(=O)OCC(=O)N(C)[C@@H](C)c2ccccc2)cc1[N+](=O)[O-]. The number of ether oxygens (including phenoxy) is 1. The zero-order valence-electron chi connectivity index (χ0n) is 15.2. The molecule has 7 nitrogen and oxygen atoms in total. The number of thioether (sulfide) groups is 1. The fourth-order valence-corrected chi connectivity index (χ4v) is 2.99. The van der Waals surface area contributed by atoms with E-state index in [2.05, 4.69) is 0 Å². The molecule has 0 bridgehead atoms. The normalized spacial score (nSPS) is 11.5. The number of likely N-dealkylation sites (N-methyl/N-ethyl adjacent to an activating group) is 1. The van der Waals surface area contributed by atoms with Crippen molar-refractivity contribution in [1.82, 2.24) is 4.90 Å². The van der Waals surface area contributed by atoms with Crippen LogP contribution < -0.4 is 0 Å². The highest BCUT2D eigenvalue weighted by molar-refractivity contribution is 7.98. The summed E-state index contributed by atoms with van der Waals surface area (Å²) in [5, 5.41) is 11.1. The van der Waals surface area contributed by atoms with Crippen LogP contribution in [0, 0.1) is 10.1 Å². The third-order valence-electron chi connectivity index (χ3n) is 4.19. The van der Waals surface area contributed by atoms with Crippen molar-refractivity contribution < 1.29 is 19.2 Å². The highest BCUT2D eigenvalue weighted by atomic mass is 32.2. The molecule has 142 valence electrons. The predicted octanol–water partition coefficient (Wildman–Crippen LogP) is 3.69. The minimum atomic E-state index is -0.778. The minimum Gasteiger partial charge on any atom is -0.452 e. The van der Waals surface area contributed by atoms with Crippen molar-refractivity contribution in [2.45, 2.75) is 17.9 Å². The minimum absolute atomic E-state index is 0.0334. The highest BCUT2D eigenvalue weighted by Crippen LogP contribution is 2.28. The van der Waals surface area contributed by atoms with Crippen LogP contribution in [0.25, 0.3) is 0 Å². The van der Waals surface area contributed by atoms with E-state index in [-0.39, 0.29) is 23.2 Å². The molecule has 0 fully saturated rings. The molecule has 0 aliphatic rings. The maximum Gasteiger partial charge on any atom is 0.338 e. The van der Waals surface area contributed by atoms with Crippen LogP contribution in [0.3, 0.4) is 0 Å². The molecule has 0 N–H and O–H groups in total. The van der Waals surface area contributed by atoms with Crippen LogP contribution in [0.4, 0.5) is 5.69 Å². The number of esters is 1. The lowest BCUT2D eigenvalue weighted by Gasteiger charge is -2.25. The van der Waals surface area contributed by atoms with Gasteiger partial charge in [-0.25, -0.2) is 4.79 Å². The van der Waals surface area contributed by atoms with Crippen molar-refractivity contribution in [3.05, 3.63) is 69.8 Å². The van der Waals surface area contributed by atoms with Gasteiger partial charge >= 0.3 is 5.97 Å². The van der Waals surface area contributed by atoms with Gasteiger partial charge in [0.05, 0.1) is 21.4 Å². The topological polar surface area (TPSA) is 89.8 Å². The molecule has 0 unspecified atom stereocenters. The first-order chi connectivity index (χ1) is 12.8. The Balaban J connectivity index is 2.01. The standard InChI is InChI=1S/C19H20N2O5S/c1-13(14-7-5-4-6-8-14)20(2)18(22)12-26-19(23)15-9-10-17(27-3)16(11-15)21(24)25/h4-11,13H,12H2,1-3H3/t13-/m0/s1. The van der Waals surface area contributed by atoms with Crippen LogP contribution in [-0.2, 0) is 9.53 Å². The largest absolute Gasteiger partial charge is 0.452 e. The summed E-state index contributed by atoms with van der Waals surface area (Å²) in [4.78, 5) is 37.0. The molecule has 8 heteroatoms. The Hall–Kier alpha value is -2.87. The lowest BCUT2D eigenvalue weighted by Crippen LogP contribution is -2.33. The molecule has 0 heterocycles. The molecule has 27 heavy (non-hydrogen) atoms. The maximum atomic E-state index is 12.3. The van der Waals surface area contributed by atoms with Crippen molar-refractivity contribution in [2.24, 2.45) is 0 Å². The molecule has 0 aromatic heterocycles. The van der Waals surface area contributed by atoms with Crippen LogP contribution >= 0.6 is 11.8 Å². The number of carbonyl (C=O) groups is 2. The first kappa shape index (κ1) is 20.4. The lowest BCUT2D eigenvalue weighted by atomic mass is 10.1. The highest BCUT2D eigenvalue weighted by Gasteiger charge is 2.21. The average Bonchev–Trinajstić information content (AvgIpc) is 2.70. The summed E-state index contributed by atoms with van der Waals surface area (Å²) in [5.41, 5.74) is 0.826. The molecule has 2 aromatic carbocycles.